The van der Waals surface area contributed by atoms with E-state index >= 15 is 0 Å². The van der Waals surface area contributed by atoms with Crippen LogP contribution in [0.25, 0.3) is 16.7 Å². The highest BCUT2D eigenvalue weighted by atomic mass is 19.1. The van der Waals surface area contributed by atoms with Crippen LogP contribution in [0.2, 0.25) is 0 Å². The Labute approximate surface area is 116 Å². The largest absolute Gasteiger partial charge is 0.383 e. The number of halogens is 1. The van der Waals surface area contributed by atoms with Gasteiger partial charge in [0.2, 0.25) is 0 Å². The average Bonchev–Trinajstić information content (AvgIpc) is 2.63. The molecule has 3 aromatic rings. The number of benzene rings is 1. The number of fused-ring (bicyclic) bond motifs is 1. The molecule has 20 heavy (non-hydrogen) atoms. The molecule has 1 aromatic carbocycles. The molecule has 2 aromatic heterocycles. The van der Waals surface area contributed by atoms with Gasteiger partial charge in [-0.25, -0.2) is 14.4 Å². The third-order valence-electron chi connectivity index (χ3n) is 3.59. The Morgan fingerprint density at radius 3 is 2.50 bits per heavy atom. The van der Waals surface area contributed by atoms with Crippen molar-refractivity contribution in [3.05, 3.63) is 47.2 Å². The fraction of sp³-hybridized carbons (Fsp3) is 0.200. The van der Waals surface area contributed by atoms with E-state index in [0.29, 0.717) is 23.0 Å². The van der Waals surface area contributed by atoms with E-state index in [4.69, 9.17) is 5.73 Å². The van der Waals surface area contributed by atoms with Gasteiger partial charge in [-0.2, -0.15) is 0 Å². The first-order chi connectivity index (χ1) is 9.50. The third kappa shape index (κ3) is 1.66. The topological polar surface area (TPSA) is 56.7 Å². The Balaban J connectivity index is 2.48. The van der Waals surface area contributed by atoms with Gasteiger partial charge in [-0.1, -0.05) is 12.1 Å². The lowest BCUT2D eigenvalue weighted by molar-refractivity contribution is 0.618. The molecule has 2 heterocycles. The summed E-state index contributed by atoms with van der Waals surface area (Å²) in [6, 6.07) is 6.64. The third-order valence-corrected chi connectivity index (χ3v) is 3.59. The SMILES string of the molecule is Cc1nc(N)c2c(C)c(C)n(-c3ccccc3F)c2n1. The lowest BCUT2D eigenvalue weighted by Gasteiger charge is -2.09. The fourth-order valence-corrected chi connectivity index (χ4v) is 2.54. The van der Waals surface area contributed by atoms with Gasteiger partial charge in [0.05, 0.1) is 11.1 Å². The summed E-state index contributed by atoms with van der Waals surface area (Å²) >= 11 is 0. The number of anilines is 1. The van der Waals surface area contributed by atoms with E-state index in [1.807, 2.05) is 13.8 Å². The van der Waals surface area contributed by atoms with Crippen LogP contribution in [-0.4, -0.2) is 14.5 Å². The first-order valence-electron chi connectivity index (χ1n) is 6.37. The summed E-state index contributed by atoms with van der Waals surface area (Å²) < 4.78 is 15.9. The second-order valence-electron chi connectivity index (χ2n) is 4.85. The van der Waals surface area contributed by atoms with Gasteiger partial charge in [0.1, 0.15) is 17.5 Å². The Hall–Kier alpha value is -2.43. The Morgan fingerprint density at radius 1 is 1.10 bits per heavy atom. The molecule has 0 aliphatic rings. The summed E-state index contributed by atoms with van der Waals surface area (Å²) in [4.78, 5) is 8.63. The van der Waals surface area contributed by atoms with Crippen molar-refractivity contribution in [2.75, 3.05) is 5.73 Å². The number of aromatic nitrogens is 3. The van der Waals surface area contributed by atoms with Crippen molar-refractivity contribution in [3.8, 4) is 5.69 Å². The molecular formula is C15H15FN4. The van der Waals surface area contributed by atoms with Gasteiger partial charge in [0.25, 0.3) is 0 Å². The van der Waals surface area contributed by atoms with E-state index in [9.17, 15) is 4.39 Å². The minimum absolute atomic E-state index is 0.290. The predicted molar refractivity (Wildman–Crippen MR) is 77.4 cm³/mol. The van der Waals surface area contributed by atoms with Gasteiger partial charge < -0.3 is 5.73 Å². The number of aryl methyl sites for hydroxylation is 2. The molecule has 0 aliphatic heterocycles. The molecule has 0 atom stereocenters. The highest BCUT2D eigenvalue weighted by Crippen LogP contribution is 2.31. The minimum atomic E-state index is -0.290. The maximum Gasteiger partial charge on any atom is 0.150 e. The van der Waals surface area contributed by atoms with Gasteiger partial charge in [0, 0.05) is 5.69 Å². The summed E-state index contributed by atoms with van der Waals surface area (Å²) in [7, 11) is 0. The predicted octanol–water partition coefficient (Wildman–Crippen LogP) is 3.07. The van der Waals surface area contributed by atoms with E-state index in [2.05, 4.69) is 9.97 Å². The second-order valence-corrected chi connectivity index (χ2v) is 4.85. The van der Waals surface area contributed by atoms with Crippen LogP contribution in [0.3, 0.4) is 0 Å². The zero-order valence-corrected chi connectivity index (χ0v) is 11.6. The number of nitrogen functional groups attached to an aromatic ring is 1. The zero-order chi connectivity index (χ0) is 14.4. The van der Waals surface area contributed by atoms with Crippen LogP contribution >= 0.6 is 0 Å². The molecule has 0 saturated heterocycles. The molecule has 0 saturated carbocycles. The average molecular weight is 270 g/mol. The van der Waals surface area contributed by atoms with E-state index in [1.54, 1.807) is 29.7 Å². The monoisotopic (exact) mass is 270 g/mol. The van der Waals surface area contributed by atoms with Crippen LogP contribution in [0.15, 0.2) is 24.3 Å². The molecule has 0 spiro atoms. The number of hydrogen-bond donors (Lipinski definition) is 1. The molecule has 5 heteroatoms. The highest BCUT2D eigenvalue weighted by molar-refractivity contribution is 5.92. The lowest BCUT2D eigenvalue weighted by atomic mass is 10.2. The van der Waals surface area contributed by atoms with Crippen molar-refractivity contribution in [1.29, 1.82) is 0 Å². The summed E-state index contributed by atoms with van der Waals surface area (Å²) in [6.45, 7) is 5.65. The van der Waals surface area contributed by atoms with Crippen LogP contribution in [-0.2, 0) is 0 Å². The molecule has 0 radical (unpaired) electrons. The standard InChI is InChI=1S/C15H15FN4/c1-8-9(2)20(12-7-5-4-6-11(12)16)15-13(8)14(17)18-10(3)19-15/h4-7H,1-3H3,(H2,17,18,19). The van der Waals surface area contributed by atoms with Crippen LogP contribution < -0.4 is 5.73 Å². The van der Waals surface area contributed by atoms with Gasteiger partial charge in [0.15, 0.2) is 5.65 Å². The Morgan fingerprint density at radius 2 is 1.80 bits per heavy atom. The summed E-state index contributed by atoms with van der Waals surface area (Å²) in [5.41, 5.74) is 9.01. The molecule has 0 aliphatic carbocycles. The van der Waals surface area contributed by atoms with E-state index in [-0.39, 0.29) is 5.82 Å². The number of hydrogen-bond acceptors (Lipinski definition) is 3. The van der Waals surface area contributed by atoms with Gasteiger partial charge in [-0.15, -0.1) is 0 Å². The number of nitrogens with two attached hydrogens (primary N) is 1. The first-order valence-corrected chi connectivity index (χ1v) is 6.37. The quantitative estimate of drug-likeness (QED) is 0.739. The maximum atomic E-state index is 14.1. The first kappa shape index (κ1) is 12.6. The molecule has 0 unspecified atom stereocenters. The van der Waals surface area contributed by atoms with E-state index < -0.39 is 0 Å². The number of para-hydroxylation sites is 1. The summed E-state index contributed by atoms with van der Waals surface area (Å²) in [5, 5.41) is 0.788. The smallest absolute Gasteiger partial charge is 0.150 e. The molecular weight excluding hydrogens is 255 g/mol. The van der Waals surface area contributed by atoms with Gasteiger partial charge in [-0.05, 0) is 38.5 Å². The van der Waals surface area contributed by atoms with Crippen molar-refractivity contribution in [2.45, 2.75) is 20.8 Å². The number of rotatable bonds is 1. The summed E-state index contributed by atoms with van der Waals surface area (Å²) in [5.74, 6) is 0.718. The normalized spacial score (nSPS) is 11.2. The summed E-state index contributed by atoms with van der Waals surface area (Å²) in [6.07, 6.45) is 0. The Bertz CT molecular complexity index is 820. The molecule has 0 bridgehead atoms. The van der Waals surface area contributed by atoms with Crippen LogP contribution in [0.4, 0.5) is 10.2 Å². The van der Waals surface area contributed by atoms with Crippen LogP contribution in [0, 0.1) is 26.6 Å². The molecule has 0 amide bonds. The van der Waals surface area contributed by atoms with Gasteiger partial charge >= 0.3 is 0 Å². The fourth-order valence-electron chi connectivity index (χ4n) is 2.54. The van der Waals surface area contributed by atoms with E-state index in [0.717, 1.165) is 16.6 Å². The van der Waals surface area contributed by atoms with Crippen molar-refractivity contribution in [3.63, 3.8) is 0 Å². The highest BCUT2D eigenvalue weighted by Gasteiger charge is 2.18. The van der Waals surface area contributed by atoms with E-state index in [1.165, 1.54) is 6.07 Å². The molecule has 0 fully saturated rings. The van der Waals surface area contributed by atoms with Crippen molar-refractivity contribution >= 4 is 16.9 Å². The zero-order valence-electron chi connectivity index (χ0n) is 11.6. The molecule has 2 N–H and O–H groups in total. The second kappa shape index (κ2) is 4.30. The molecule has 4 nitrogen and oxygen atoms in total. The van der Waals surface area contributed by atoms with Crippen LogP contribution in [0.5, 0.6) is 0 Å². The van der Waals surface area contributed by atoms with Crippen molar-refractivity contribution in [1.82, 2.24) is 14.5 Å². The molecule has 3 rings (SSSR count). The van der Waals surface area contributed by atoms with Crippen LogP contribution in [0.1, 0.15) is 17.1 Å². The number of nitrogens with zero attached hydrogens (tertiary/aromatic N) is 3. The Kier molecular flexibility index (Phi) is 2.71. The lowest BCUT2D eigenvalue weighted by Crippen LogP contribution is -2.03. The molecule has 102 valence electrons. The maximum absolute atomic E-state index is 14.1. The van der Waals surface area contributed by atoms with Gasteiger partial charge in [-0.3, -0.25) is 4.57 Å². The van der Waals surface area contributed by atoms with Crippen molar-refractivity contribution in [2.24, 2.45) is 0 Å². The minimum Gasteiger partial charge on any atom is -0.383 e. The van der Waals surface area contributed by atoms with Crippen molar-refractivity contribution < 1.29 is 4.39 Å².